The number of guanidine groups is 1. The van der Waals surface area contributed by atoms with E-state index in [4.69, 9.17) is 9.47 Å². The molecule has 1 aromatic rings. The van der Waals surface area contributed by atoms with Crippen LogP contribution in [0, 0.1) is 5.41 Å². The van der Waals surface area contributed by atoms with E-state index in [9.17, 15) is 4.79 Å². The maximum absolute atomic E-state index is 12.8. The zero-order valence-electron chi connectivity index (χ0n) is 20.7. The normalized spacial score (nSPS) is 17.1. The molecule has 0 saturated heterocycles. The van der Waals surface area contributed by atoms with Crippen LogP contribution in [0.4, 0.5) is 0 Å². The van der Waals surface area contributed by atoms with Gasteiger partial charge in [0.15, 0.2) is 17.5 Å². The van der Waals surface area contributed by atoms with Crippen LogP contribution in [0.3, 0.4) is 0 Å². The maximum Gasteiger partial charge on any atom is 0.222 e. The predicted molar refractivity (Wildman–Crippen MR) is 144 cm³/mol. The summed E-state index contributed by atoms with van der Waals surface area (Å²) in [6.45, 7) is 5.38. The van der Waals surface area contributed by atoms with Crippen LogP contribution in [-0.4, -0.2) is 57.7 Å². The number of carbonyl (C=O) groups excluding carboxylic acids is 1. The Morgan fingerprint density at radius 2 is 1.79 bits per heavy atom. The summed E-state index contributed by atoms with van der Waals surface area (Å²) in [5, 5.41) is 6.88. The van der Waals surface area contributed by atoms with Crippen LogP contribution in [0.25, 0.3) is 0 Å². The van der Waals surface area contributed by atoms with Crippen molar-refractivity contribution in [2.45, 2.75) is 64.8 Å². The van der Waals surface area contributed by atoms with Crippen LogP contribution in [-0.2, 0) is 17.8 Å². The average molecular weight is 573 g/mol. The summed E-state index contributed by atoms with van der Waals surface area (Å²) in [5.74, 6) is 2.50. The highest BCUT2D eigenvalue weighted by atomic mass is 127. The van der Waals surface area contributed by atoms with Gasteiger partial charge in [-0.05, 0) is 60.8 Å². The molecular formula is C25H41IN4O3. The predicted octanol–water partition coefficient (Wildman–Crippen LogP) is 4.12. The van der Waals surface area contributed by atoms with Crippen LogP contribution in [0.5, 0.6) is 11.5 Å². The van der Waals surface area contributed by atoms with Crippen LogP contribution in [0.15, 0.2) is 17.1 Å². The number of rotatable bonds is 9. The van der Waals surface area contributed by atoms with E-state index in [-0.39, 0.29) is 29.9 Å². The number of ether oxygens (including phenoxy) is 2. The highest BCUT2D eigenvalue weighted by Gasteiger charge is 2.31. The molecule has 1 fully saturated rings. The van der Waals surface area contributed by atoms with Crippen LogP contribution in [0.1, 0.15) is 63.0 Å². The lowest BCUT2D eigenvalue weighted by atomic mass is 9.83. The van der Waals surface area contributed by atoms with E-state index in [1.165, 1.54) is 37.7 Å². The number of halogens is 1. The van der Waals surface area contributed by atoms with E-state index in [1.807, 2.05) is 24.1 Å². The second-order valence-electron chi connectivity index (χ2n) is 9.06. The molecule has 7 nitrogen and oxygen atoms in total. The van der Waals surface area contributed by atoms with E-state index in [0.717, 1.165) is 49.7 Å². The van der Waals surface area contributed by atoms with Crippen LogP contribution < -0.4 is 20.1 Å². The van der Waals surface area contributed by atoms with Crippen molar-refractivity contribution in [1.82, 2.24) is 15.5 Å². The lowest BCUT2D eigenvalue weighted by Crippen LogP contribution is -2.43. The molecule has 3 rings (SSSR count). The first-order valence-corrected chi connectivity index (χ1v) is 12.0. The molecule has 0 unspecified atom stereocenters. The first kappa shape index (κ1) is 27.5. The summed E-state index contributed by atoms with van der Waals surface area (Å²) in [5.41, 5.74) is 2.79. The largest absolute Gasteiger partial charge is 0.493 e. The third-order valence-corrected chi connectivity index (χ3v) is 7.20. The van der Waals surface area contributed by atoms with E-state index in [1.54, 1.807) is 14.2 Å². The highest BCUT2D eigenvalue weighted by molar-refractivity contribution is 14.0. The van der Waals surface area contributed by atoms with Gasteiger partial charge in [-0.25, -0.2) is 0 Å². The number of carbonyl (C=O) groups is 1. The number of nitrogens with zero attached hydrogens (tertiary/aromatic N) is 2. The topological polar surface area (TPSA) is 75.2 Å². The van der Waals surface area contributed by atoms with Gasteiger partial charge in [-0.1, -0.05) is 19.8 Å². The quantitative estimate of drug-likeness (QED) is 0.202. The van der Waals surface area contributed by atoms with Crippen molar-refractivity contribution in [3.8, 4) is 11.5 Å². The first-order valence-electron chi connectivity index (χ1n) is 12.0. The van der Waals surface area contributed by atoms with Crippen molar-refractivity contribution in [2.24, 2.45) is 10.4 Å². The fraction of sp³-hybridized carbons (Fsp3) is 0.680. The molecule has 2 N–H and O–H groups in total. The standard InChI is InChI=1S/C25H40N4O3.HI/c1-5-25(11-6-7-12-25)18-28-24(26-2)27-13-8-9-23(30)29-14-10-19-15-21(31-3)22(32-4)16-20(19)17-29;/h15-16H,5-14,17-18H2,1-4H3,(H2,26,27,28);1H. The third-order valence-electron chi connectivity index (χ3n) is 7.20. The molecule has 0 bridgehead atoms. The molecule has 8 heteroatoms. The Hall–Kier alpha value is -1.71. The Morgan fingerprint density at radius 3 is 2.39 bits per heavy atom. The number of fused-ring (bicyclic) bond motifs is 1. The van der Waals surface area contributed by atoms with Crippen molar-refractivity contribution >= 4 is 35.8 Å². The van der Waals surface area contributed by atoms with Crippen molar-refractivity contribution in [2.75, 3.05) is 40.9 Å². The van der Waals surface area contributed by atoms with Crippen LogP contribution in [0.2, 0.25) is 0 Å². The molecule has 0 aromatic heterocycles. The Morgan fingerprint density at radius 1 is 1.12 bits per heavy atom. The number of hydrogen-bond acceptors (Lipinski definition) is 4. The van der Waals surface area contributed by atoms with Crippen molar-refractivity contribution in [3.63, 3.8) is 0 Å². The van der Waals surface area contributed by atoms with Crippen LogP contribution >= 0.6 is 24.0 Å². The fourth-order valence-electron chi connectivity index (χ4n) is 4.97. The third kappa shape index (κ3) is 7.13. The van der Waals surface area contributed by atoms with Gasteiger partial charge < -0.3 is 25.0 Å². The fourth-order valence-corrected chi connectivity index (χ4v) is 4.97. The number of hydrogen-bond donors (Lipinski definition) is 2. The van der Waals surface area contributed by atoms with Gasteiger partial charge in [0.25, 0.3) is 0 Å². The molecule has 33 heavy (non-hydrogen) atoms. The maximum atomic E-state index is 12.8. The lowest BCUT2D eigenvalue weighted by Gasteiger charge is -2.30. The van der Waals surface area contributed by atoms with Gasteiger partial charge in [0, 0.05) is 39.6 Å². The molecule has 2 aliphatic rings. The Kier molecular flexibility index (Phi) is 11.1. The molecule has 1 amide bonds. The minimum absolute atomic E-state index is 0. The average Bonchev–Trinajstić information content (AvgIpc) is 3.31. The van der Waals surface area contributed by atoms with E-state index in [0.29, 0.717) is 24.1 Å². The second kappa shape index (κ2) is 13.2. The van der Waals surface area contributed by atoms with Gasteiger partial charge in [0.05, 0.1) is 14.2 Å². The van der Waals surface area contributed by atoms with Crippen molar-refractivity contribution in [1.29, 1.82) is 0 Å². The number of nitrogens with one attached hydrogen (secondary N) is 2. The molecular weight excluding hydrogens is 531 g/mol. The van der Waals surface area contributed by atoms with Gasteiger partial charge in [-0.3, -0.25) is 9.79 Å². The molecule has 1 aromatic carbocycles. The number of aliphatic imine (C=N–C) groups is 1. The monoisotopic (exact) mass is 572 g/mol. The van der Waals surface area contributed by atoms with Gasteiger partial charge >= 0.3 is 0 Å². The SMILES string of the molecule is CCC1(CNC(=NC)NCCCC(=O)N2CCc3cc(OC)c(OC)cc3C2)CCCC1.I. The summed E-state index contributed by atoms with van der Waals surface area (Å²) in [6.07, 6.45) is 8.66. The lowest BCUT2D eigenvalue weighted by molar-refractivity contribution is -0.132. The summed E-state index contributed by atoms with van der Waals surface area (Å²) in [4.78, 5) is 19.1. The smallest absolute Gasteiger partial charge is 0.222 e. The Balaban J connectivity index is 0.00000385. The summed E-state index contributed by atoms with van der Waals surface area (Å²) in [6, 6.07) is 4.03. The van der Waals surface area contributed by atoms with Gasteiger partial charge in [-0.15, -0.1) is 24.0 Å². The molecule has 1 aliphatic carbocycles. The zero-order valence-corrected chi connectivity index (χ0v) is 23.0. The summed E-state index contributed by atoms with van der Waals surface area (Å²) < 4.78 is 10.8. The minimum Gasteiger partial charge on any atom is -0.493 e. The van der Waals surface area contributed by atoms with Crippen molar-refractivity contribution < 1.29 is 14.3 Å². The number of amides is 1. The molecule has 0 spiro atoms. The molecule has 1 saturated carbocycles. The molecule has 0 radical (unpaired) electrons. The minimum atomic E-state index is 0. The first-order chi connectivity index (χ1) is 15.5. The number of benzene rings is 1. The van der Waals surface area contributed by atoms with E-state index < -0.39 is 0 Å². The summed E-state index contributed by atoms with van der Waals surface area (Å²) in [7, 11) is 5.10. The Labute approximate surface area is 216 Å². The molecule has 186 valence electrons. The highest BCUT2D eigenvalue weighted by Crippen LogP contribution is 2.40. The van der Waals surface area contributed by atoms with E-state index >= 15 is 0 Å². The molecule has 1 aliphatic heterocycles. The Bertz CT molecular complexity index is 809. The van der Waals surface area contributed by atoms with Crippen molar-refractivity contribution in [3.05, 3.63) is 23.3 Å². The second-order valence-corrected chi connectivity index (χ2v) is 9.06. The van der Waals surface area contributed by atoms with Gasteiger partial charge in [0.1, 0.15) is 0 Å². The van der Waals surface area contributed by atoms with Gasteiger partial charge in [0.2, 0.25) is 5.91 Å². The zero-order chi connectivity index (χ0) is 23.0. The number of methoxy groups -OCH3 is 2. The van der Waals surface area contributed by atoms with E-state index in [2.05, 4.69) is 22.5 Å². The van der Waals surface area contributed by atoms with Gasteiger partial charge in [-0.2, -0.15) is 0 Å². The summed E-state index contributed by atoms with van der Waals surface area (Å²) >= 11 is 0. The molecule has 1 heterocycles. The molecule has 0 atom stereocenters.